The molecule has 0 fully saturated rings. The molecule has 2 rings (SSSR count). The van der Waals surface area contributed by atoms with E-state index in [1.807, 2.05) is 25.2 Å². The maximum Gasteiger partial charge on any atom is 0.119 e. The highest BCUT2D eigenvalue weighted by Gasteiger charge is 2.08. The molecule has 0 heterocycles. The van der Waals surface area contributed by atoms with Gasteiger partial charge in [0.25, 0.3) is 0 Å². The predicted octanol–water partition coefficient (Wildman–Crippen LogP) is 4.89. The summed E-state index contributed by atoms with van der Waals surface area (Å²) in [6.45, 7) is 2.15. The summed E-state index contributed by atoms with van der Waals surface area (Å²) in [4.78, 5) is 2.37. The van der Waals surface area contributed by atoms with Gasteiger partial charge < -0.3 is 10.1 Å². The van der Waals surface area contributed by atoms with Crippen LogP contribution in [0.2, 0.25) is 0 Å². The lowest BCUT2D eigenvalue weighted by molar-refractivity contribution is 0.413. The highest BCUT2D eigenvalue weighted by atomic mass is 79.9. The molecule has 2 aromatic carbocycles. The van der Waals surface area contributed by atoms with E-state index in [-0.39, 0.29) is 0 Å². The van der Waals surface area contributed by atoms with Crippen molar-refractivity contribution in [1.82, 2.24) is 5.32 Å². The molecule has 0 aliphatic heterocycles. The minimum atomic E-state index is 0.349. The minimum Gasteiger partial charge on any atom is -0.497 e. The summed E-state index contributed by atoms with van der Waals surface area (Å²) >= 11 is 5.38. The summed E-state index contributed by atoms with van der Waals surface area (Å²) in [5.41, 5.74) is 1.27. The first-order chi connectivity index (χ1) is 9.63. The topological polar surface area (TPSA) is 21.3 Å². The van der Waals surface area contributed by atoms with Crippen LogP contribution in [0.3, 0.4) is 0 Å². The van der Waals surface area contributed by atoms with Crippen molar-refractivity contribution in [2.75, 3.05) is 14.2 Å². The zero-order chi connectivity index (χ0) is 14.5. The van der Waals surface area contributed by atoms with Crippen LogP contribution in [0.1, 0.15) is 18.5 Å². The Morgan fingerprint density at radius 1 is 1.20 bits per heavy atom. The van der Waals surface area contributed by atoms with Crippen molar-refractivity contribution in [3.05, 3.63) is 52.5 Å². The van der Waals surface area contributed by atoms with Crippen LogP contribution in [0.4, 0.5) is 0 Å². The molecule has 0 radical (unpaired) electrons. The van der Waals surface area contributed by atoms with E-state index < -0.39 is 0 Å². The van der Waals surface area contributed by atoms with Crippen molar-refractivity contribution in [1.29, 1.82) is 0 Å². The van der Waals surface area contributed by atoms with E-state index in [1.165, 1.54) is 15.4 Å². The molecule has 20 heavy (non-hydrogen) atoms. The van der Waals surface area contributed by atoms with Crippen LogP contribution in [-0.2, 0) is 0 Å². The van der Waals surface area contributed by atoms with Gasteiger partial charge in [-0.15, -0.1) is 0 Å². The molecule has 0 aromatic heterocycles. The normalized spacial score (nSPS) is 12.2. The molecule has 0 saturated heterocycles. The van der Waals surface area contributed by atoms with Crippen LogP contribution in [0, 0.1) is 0 Å². The van der Waals surface area contributed by atoms with Crippen molar-refractivity contribution in [3.8, 4) is 5.75 Å². The van der Waals surface area contributed by atoms with Crippen LogP contribution in [0.5, 0.6) is 5.75 Å². The average molecular weight is 352 g/mol. The van der Waals surface area contributed by atoms with E-state index in [0.29, 0.717) is 6.04 Å². The zero-order valence-electron chi connectivity index (χ0n) is 11.8. The first-order valence-corrected chi connectivity index (χ1v) is 8.03. The molecule has 4 heteroatoms. The Morgan fingerprint density at radius 2 is 2.00 bits per heavy atom. The fraction of sp³-hybridized carbons (Fsp3) is 0.250. The third-order valence-corrected chi connectivity index (χ3v) is 5.14. The first kappa shape index (κ1) is 15.4. The fourth-order valence-electron chi connectivity index (χ4n) is 1.83. The maximum atomic E-state index is 5.25. The SMILES string of the molecule is CNC(C)c1ccc(Sc2cccc(OC)c2)c(Br)c1. The van der Waals surface area contributed by atoms with Crippen molar-refractivity contribution in [3.63, 3.8) is 0 Å². The van der Waals surface area contributed by atoms with Crippen molar-refractivity contribution in [2.24, 2.45) is 0 Å². The van der Waals surface area contributed by atoms with Gasteiger partial charge in [0.1, 0.15) is 5.75 Å². The van der Waals surface area contributed by atoms with Gasteiger partial charge >= 0.3 is 0 Å². The highest BCUT2D eigenvalue weighted by molar-refractivity contribution is 9.10. The summed E-state index contributed by atoms with van der Waals surface area (Å²) < 4.78 is 6.37. The number of benzene rings is 2. The second-order valence-corrected chi connectivity index (χ2v) is 6.45. The Bertz CT molecular complexity index is 588. The second kappa shape index (κ2) is 7.16. The number of hydrogen-bond donors (Lipinski definition) is 1. The highest BCUT2D eigenvalue weighted by Crippen LogP contribution is 2.36. The molecular weight excluding hydrogens is 334 g/mol. The van der Waals surface area contributed by atoms with E-state index in [4.69, 9.17) is 4.74 Å². The number of ether oxygens (including phenoxy) is 1. The number of hydrogen-bond acceptors (Lipinski definition) is 3. The van der Waals surface area contributed by atoms with E-state index >= 15 is 0 Å². The van der Waals surface area contributed by atoms with Gasteiger partial charge in [-0.05, 0) is 65.8 Å². The summed E-state index contributed by atoms with van der Waals surface area (Å²) in [5.74, 6) is 0.881. The van der Waals surface area contributed by atoms with Crippen LogP contribution < -0.4 is 10.1 Å². The monoisotopic (exact) mass is 351 g/mol. The molecule has 1 N–H and O–H groups in total. The second-order valence-electron chi connectivity index (χ2n) is 4.48. The van der Waals surface area contributed by atoms with Crippen molar-refractivity contribution < 1.29 is 4.74 Å². The Hall–Kier alpha value is -0.970. The van der Waals surface area contributed by atoms with E-state index in [0.717, 1.165) is 10.2 Å². The molecule has 0 aliphatic rings. The molecule has 0 bridgehead atoms. The summed E-state index contributed by atoms with van der Waals surface area (Å²) in [7, 11) is 3.66. The fourth-order valence-corrected chi connectivity index (χ4v) is 3.33. The number of nitrogens with one attached hydrogen (secondary N) is 1. The molecule has 2 aromatic rings. The van der Waals surface area contributed by atoms with E-state index in [9.17, 15) is 0 Å². The average Bonchev–Trinajstić information content (AvgIpc) is 2.48. The van der Waals surface area contributed by atoms with Gasteiger partial charge in [0.2, 0.25) is 0 Å². The molecule has 0 amide bonds. The minimum absolute atomic E-state index is 0.349. The first-order valence-electron chi connectivity index (χ1n) is 6.42. The number of halogens is 1. The van der Waals surface area contributed by atoms with Gasteiger partial charge in [0.15, 0.2) is 0 Å². The summed E-state index contributed by atoms with van der Waals surface area (Å²) in [6, 6.07) is 14.9. The van der Waals surface area contributed by atoms with Gasteiger partial charge in [0.05, 0.1) is 7.11 Å². The van der Waals surface area contributed by atoms with Crippen LogP contribution >= 0.6 is 27.7 Å². The number of methoxy groups -OCH3 is 1. The Morgan fingerprint density at radius 3 is 2.65 bits per heavy atom. The van der Waals surface area contributed by atoms with Gasteiger partial charge in [-0.1, -0.05) is 23.9 Å². The van der Waals surface area contributed by atoms with Gasteiger partial charge in [-0.3, -0.25) is 0 Å². The quantitative estimate of drug-likeness (QED) is 0.828. The maximum absolute atomic E-state index is 5.25. The zero-order valence-corrected chi connectivity index (χ0v) is 14.2. The van der Waals surface area contributed by atoms with Crippen molar-refractivity contribution in [2.45, 2.75) is 22.8 Å². The van der Waals surface area contributed by atoms with Crippen LogP contribution in [0.25, 0.3) is 0 Å². The van der Waals surface area contributed by atoms with Crippen molar-refractivity contribution >= 4 is 27.7 Å². The molecule has 0 saturated carbocycles. The summed E-state index contributed by atoms with van der Waals surface area (Å²) in [5, 5.41) is 3.25. The molecule has 106 valence electrons. The molecule has 1 atom stereocenters. The lowest BCUT2D eigenvalue weighted by Crippen LogP contribution is -2.12. The van der Waals surface area contributed by atoms with E-state index in [1.54, 1.807) is 18.9 Å². The smallest absolute Gasteiger partial charge is 0.119 e. The predicted molar refractivity (Wildman–Crippen MR) is 88.7 cm³/mol. The molecule has 1 unspecified atom stereocenters. The molecule has 0 aliphatic carbocycles. The van der Waals surface area contributed by atoms with Gasteiger partial charge in [0, 0.05) is 20.3 Å². The van der Waals surface area contributed by atoms with Gasteiger partial charge in [-0.25, -0.2) is 0 Å². The third-order valence-electron chi connectivity index (χ3n) is 3.16. The lowest BCUT2D eigenvalue weighted by atomic mass is 10.1. The lowest BCUT2D eigenvalue weighted by Gasteiger charge is -2.13. The standard InChI is InChI=1S/C16H18BrNOS/c1-11(18-2)12-7-8-16(15(17)9-12)20-14-6-4-5-13(10-14)19-3/h4-11,18H,1-3H3. The Kier molecular flexibility index (Phi) is 5.52. The van der Waals surface area contributed by atoms with Gasteiger partial charge in [-0.2, -0.15) is 0 Å². The van der Waals surface area contributed by atoms with Crippen LogP contribution in [-0.4, -0.2) is 14.2 Å². The Balaban J connectivity index is 2.21. The van der Waals surface area contributed by atoms with Crippen LogP contribution in [0.15, 0.2) is 56.7 Å². The third kappa shape index (κ3) is 3.78. The Labute approximate surface area is 133 Å². The number of rotatable bonds is 5. The summed E-state index contributed by atoms with van der Waals surface area (Å²) in [6.07, 6.45) is 0. The molecule has 0 spiro atoms. The molecular formula is C16H18BrNOS. The molecule has 2 nitrogen and oxygen atoms in total. The largest absolute Gasteiger partial charge is 0.497 e. The van der Waals surface area contributed by atoms with E-state index in [2.05, 4.69) is 52.4 Å².